The average molecular weight is 249 g/mol. The molecule has 0 aromatic carbocycles. The lowest BCUT2D eigenvalue weighted by Gasteiger charge is -2.10. The molecule has 18 heavy (non-hydrogen) atoms. The van der Waals surface area contributed by atoms with E-state index in [-0.39, 0.29) is 0 Å². The van der Waals surface area contributed by atoms with Gasteiger partial charge < -0.3 is 10.1 Å². The maximum atomic E-state index is 5.57. The molecule has 1 aromatic rings. The van der Waals surface area contributed by atoms with E-state index in [9.17, 15) is 0 Å². The molecule has 0 bridgehead atoms. The first-order valence-electron chi connectivity index (χ1n) is 6.81. The van der Waals surface area contributed by atoms with Gasteiger partial charge in [-0.1, -0.05) is 13.8 Å². The fourth-order valence-electron chi connectivity index (χ4n) is 1.69. The Balaban J connectivity index is 1.83. The minimum Gasteiger partial charge on any atom is -0.463 e. The molecule has 0 unspecified atom stereocenters. The van der Waals surface area contributed by atoms with Crippen molar-refractivity contribution in [2.45, 2.75) is 40.2 Å². The van der Waals surface area contributed by atoms with Gasteiger partial charge in [-0.15, -0.1) is 0 Å². The van der Waals surface area contributed by atoms with Gasteiger partial charge in [-0.05, 0) is 38.1 Å². The number of hydrogen-bond donors (Lipinski definition) is 1. The van der Waals surface area contributed by atoms with Crippen LogP contribution in [0.25, 0.3) is 0 Å². The molecule has 1 N–H and O–H groups in total. The highest BCUT2D eigenvalue weighted by Crippen LogP contribution is 2.28. The predicted molar refractivity (Wildman–Crippen MR) is 71.5 cm³/mol. The number of aryl methyl sites for hydroxylation is 1. The molecule has 1 fully saturated rings. The van der Waals surface area contributed by atoms with E-state index in [1.807, 2.05) is 13.1 Å². The SMILES string of the molecule is Cc1nc(OCC2CC2)ncc1CNCC(C)C. The first kappa shape index (κ1) is 13.3. The Labute approximate surface area is 109 Å². The largest absolute Gasteiger partial charge is 0.463 e. The molecule has 0 amide bonds. The van der Waals surface area contributed by atoms with Crippen molar-refractivity contribution in [3.05, 3.63) is 17.5 Å². The van der Waals surface area contributed by atoms with Gasteiger partial charge in [-0.25, -0.2) is 9.97 Å². The summed E-state index contributed by atoms with van der Waals surface area (Å²) in [5.74, 6) is 1.40. The fraction of sp³-hybridized carbons (Fsp3) is 0.714. The Bertz CT molecular complexity index is 389. The standard InChI is InChI=1S/C14H23N3O/c1-10(2)6-15-7-13-8-16-14(17-11(13)3)18-9-12-4-5-12/h8,10,12,15H,4-7,9H2,1-3H3. The summed E-state index contributed by atoms with van der Waals surface area (Å²) < 4.78 is 5.57. The fourth-order valence-corrected chi connectivity index (χ4v) is 1.69. The molecule has 0 saturated heterocycles. The molecule has 1 aliphatic rings. The van der Waals surface area contributed by atoms with Crippen LogP contribution in [-0.2, 0) is 6.54 Å². The smallest absolute Gasteiger partial charge is 0.316 e. The second kappa shape index (κ2) is 6.14. The van der Waals surface area contributed by atoms with Crippen molar-refractivity contribution in [3.63, 3.8) is 0 Å². The third kappa shape index (κ3) is 4.26. The summed E-state index contributed by atoms with van der Waals surface area (Å²) in [6.07, 6.45) is 4.45. The zero-order chi connectivity index (χ0) is 13.0. The van der Waals surface area contributed by atoms with Crippen molar-refractivity contribution in [2.24, 2.45) is 11.8 Å². The summed E-state index contributed by atoms with van der Waals surface area (Å²) in [6, 6.07) is 0.520. The Morgan fingerprint density at radius 1 is 1.44 bits per heavy atom. The van der Waals surface area contributed by atoms with Gasteiger partial charge >= 0.3 is 6.01 Å². The average Bonchev–Trinajstić information content (AvgIpc) is 3.12. The first-order valence-corrected chi connectivity index (χ1v) is 6.81. The summed E-state index contributed by atoms with van der Waals surface area (Å²) in [4.78, 5) is 8.66. The third-order valence-corrected chi connectivity index (χ3v) is 3.07. The molecule has 0 atom stereocenters. The van der Waals surface area contributed by atoms with Crippen LogP contribution in [0.3, 0.4) is 0 Å². The third-order valence-electron chi connectivity index (χ3n) is 3.07. The first-order chi connectivity index (χ1) is 8.65. The minimum absolute atomic E-state index is 0.520. The number of aromatic nitrogens is 2. The Morgan fingerprint density at radius 3 is 2.83 bits per heavy atom. The molecular formula is C14H23N3O. The van der Waals surface area contributed by atoms with Crippen molar-refractivity contribution in [2.75, 3.05) is 13.2 Å². The molecule has 100 valence electrons. The van der Waals surface area contributed by atoms with Crippen molar-refractivity contribution < 1.29 is 4.74 Å². The number of rotatable bonds is 7. The number of nitrogens with zero attached hydrogens (tertiary/aromatic N) is 2. The topological polar surface area (TPSA) is 47.0 Å². The van der Waals surface area contributed by atoms with Crippen molar-refractivity contribution in [1.82, 2.24) is 15.3 Å². The Hall–Kier alpha value is -1.16. The van der Waals surface area contributed by atoms with Gasteiger partial charge in [0.15, 0.2) is 0 Å². The molecule has 0 radical (unpaired) electrons. The van der Waals surface area contributed by atoms with E-state index < -0.39 is 0 Å². The molecule has 4 heteroatoms. The van der Waals surface area contributed by atoms with E-state index in [0.717, 1.165) is 36.9 Å². The van der Waals surface area contributed by atoms with Crippen LogP contribution in [0.2, 0.25) is 0 Å². The highest BCUT2D eigenvalue weighted by Gasteiger charge is 2.22. The lowest BCUT2D eigenvalue weighted by Crippen LogP contribution is -2.20. The molecule has 0 spiro atoms. The van der Waals surface area contributed by atoms with Crippen molar-refractivity contribution in [3.8, 4) is 6.01 Å². The lowest BCUT2D eigenvalue weighted by atomic mass is 10.2. The number of hydrogen-bond acceptors (Lipinski definition) is 4. The predicted octanol–water partition coefficient (Wildman–Crippen LogP) is 2.32. The van der Waals surface area contributed by atoms with Crippen LogP contribution in [0.15, 0.2) is 6.20 Å². The van der Waals surface area contributed by atoms with Gasteiger partial charge in [0.1, 0.15) is 0 Å². The molecular weight excluding hydrogens is 226 g/mol. The van der Waals surface area contributed by atoms with E-state index in [0.29, 0.717) is 11.9 Å². The lowest BCUT2D eigenvalue weighted by molar-refractivity contribution is 0.275. The molecule has 0 aliphatic heterocycles. The normalized spacial score (nSPS) is 15.1. The monoisotopic (exact) mass is 249 g/mol. The van der Waals surface area contributed by atoms with Crippen LogP contribution < -0.4 is 10.1 Å². The van der Waals surface area contributed by atoms with Gasteiger partial charge in [0.05, 0.1) is 6.61 Å². The van der Waals surface area contributed by atoms with Gasteiger partial charge in [0, 0.05) is 24.0 Å². The Morgan fingerprint density at radius 2 is 2.22 bits per heavy atom. The second-order valence-electron chi connectivity index (χ2n) is 5.54. The van der Waals surface area contributed by atoms with Gasteiger partial charge in [-0.3, -0.25) is 0 Å². The summed E-state index contributed by atoms with van der Waals surface area (Å²) in [5.41, 5.74) is 2.15. The highest BCUT2D eigenvalue weighted by molar-refractivity contribution is 5.17. The molecule has 1 heterocycles. The number of nitrogens with one attached hydrogen (secondary N) is 1. The van der Waals surface area contributed by atoms with E-state index in [1.54, 1.807) is 0 Å². The summed E-state index contributed by atoms with van der Waals surface area (Å²) in [5, 5.41) is 3.40. The van der Waals surface area contributed by atoms with Crippen LogP contribution in [0.5, 0.6) is 6.01 Å². The maximum absolute atomic E-state index is 5.57. The number of ether oxygens (including phenoxy) is 1. The van der Waals surface area contributed by atoms with Crippen LogP contribution in [-0.4, -0.2) is 23.1 Å². The summed E-state index contributed by atoms with van der Waals surface area (Å²) in [6.45, 7) is 9.02. The zero-order valence-electron chi connectivity index (χ0n) is 11.6. The Kier molecular flexibility index (Phi) is 4.53. The molecule has 4 nitrogen and oxygen atoms in total. The molecule has 2 rings (SSSR count). The molecule has 1 aliphatic carbocycles. The van der Waals surface area contributed by atoms with E-state index >= 15 is 0 Å². The maximum Gasteiger partial charge on any atom is 0.316 e. The van der Waals surface area contributed by atoms with Crippen LogP contribution >= 0.6 is 0 Å². The second-order valence-corrected chi connectivity index (χ2v) is 5.54. The summed E-state index contributed by atoms with van der Waals surface area (Å²) in [7, 11) is 0. The zero-order valence-corrected chi connectivity index (χ0v) is 11.6. The van der Waals surface area contributed by atoms with E-state index in [2.05, 4.69) is 29.1 Å². The van der Waals surface area contributed by atoms with E-state index in [4.69, 9.17) is 4.74 Å². The summed E-state index contributed by atoms with van der Waals surface area (Å²) >= 11 is 0. The van der Waals surface area contributed by atoms with Crippen LogP contribution in [0.1, 0.15) is 37.9 Å². The van der Waals surface area contributed by atoms with Crippen LogP contribution in [0.4, 0.5) is 0 Å². The van der Waals surface area contributed by atoms with Gasteiger partial charge in [0.25, 0.3) is 0 Å². The highest BCUT2D eigenvalue weighted by atomic mass is 16.5. The quantitative estimate of drug-likeness (QED) is 0.805. The van der Waals surface area contributed by atoms with E-state index in [1.165, 1.54) is 12.8 Å². The van der Waals surface area contributed by atoms with Crippen LogP contribution in [0, 0.1) is 18.8 Å². The van der Waals surface area contributed by atoms with Crippen molar-refractivity contribution in [1.29, 1.82) is 0 Å². The van der Waals surface area contributed by atoms with Gasteiger partial charge in [-0.2, -0.15) is 0 Å². The van der Waals surface area contributed by atoms with Gasteiger partial charge in [0.2, 0.25) is 0 Å². The minimum atomic E-state index is 0.520. The molecule has 1 aromatic heterocycles. The van der Waals surface area contributed by atoms with Crippen molar-refractivity contribution >= 4 is 0 Å². The molecule has 1 saturated carbocycles.